The average Bonchev–Trinajstić information content (AvgIpc) is 3.16. The van der Waals surface area contributed by atoms with Crippen LogP contribution < -0.4 is 10.6 Å². The van der Waals surface area contributed by atoms with Gasteiger partial charge in [0.05, 0.1) is 4.92 Å². The van der Waals surface area contributed by atoms with Crippen LogP contribution in [-0.2, 0) is 0 Å². The van der Waals surface area contributed by atoms with E-state index in [0.29, 0.717) is 12.5 Å². The first-order valence-corrected chi connectivity index (χ1v) is 8.27. The van der Waals surface area contributed by atoms with E-state index >= 15 is 0 Å². The molecule has 1 unspecified atom stereocenters. The number of nitrogens with zero attached hydrogens (tertiary/aromatic N) is 4. The van der Waals surface area contributed by atoms with Gasteiger partial charge in [0.25, 0.3) is 11.6 Å². The Balaban J connectivity index is 1.66. The summed E-state index contributed by atoms with van der Waals surface area (Å²) in [6, 6.07) is 4.34. The standard InChI is InChI=1S/C16H20N6O3/c23-16(19-7-5-12-2-1-6-17-9-12)13-3-4-14(15(8-13)22(24)25)21-11-18-10-20-21/h3-4,8,10-12,17H,1-2,5-7,9H2,(H,19,23). The molecule has 1 atom stereocenters. The molecule has 1 aliphatic heterocycles. The van der Waals surface area contributed by atoms with Gasteiger partial charge >= 0.3 is 0 Å². The summed E-state index contributed by atoms with van der Waals surface area (Å²) in [5, 5.41) is 21.4. The summed E-state index contributed by atoms with van der Waals surface area (Å²) < 4.78 is 1.30. The van der Waals surface area contributed by atoms with Crippen LogP contribution in [0.4, 0.5) is 5.69 Å². The van der Waals surface area contributed by atoms with Gasteiger partial charge in [0, 0.05) is 18.2 Å². The minimum absolute atomic E-state index is 0.186. The zero-order valence-electron chi connectivity index (χ0n) is 13.7. The smallest absolute Gasteiger partial charge is 0.295 e. The molecule has 1 amide bonds. The molecule has 1 aromatic heterocycles. The van der Waals surface area contributed by atoms with Gasteiger partial charge in [0.15, 0.2) is 0 Å². The van der Waals surface area contributed by atoms with Crippen molar-refractivity contribution in [1.82, 2.24) is 25.4 Å². The summed E-state index contributed by atoms with van der Waals surface area (Å²) >= 11 is 0. The molecule has 9 heteroatoms. The van der Waals surface area contributed by atoms with Gasteiger partial charge in [-0.3, -0.25) is 14.9 Å². The predicted molar refractivity (Wildman–Crippen MR) is 90.6 cm³/mol. The topological polar surface area (TPSA) is 115 Å². The number of nitro benzene ring substituents is 1. The van der Waals surface area contributed by atoms with Crippen molar-refractivity contribution in [3.05, 3.63) is 46.5 Å². The van der Waals surface area contributed by atoms with Crippen molar-refractivity contribution in [2.24, 2.45) is 5.92 Å². The summed E-state index contributed by atoms with van der Waals surface area (Å²) in [4.78, 5) is 26.9. The molecular weight excluding hydrogens is 324 g/mol. The quantitative estimate of drug-likeness (QED) is 0.603. The van der Waals surface area contributed by atoms with Crippen LogP contribution in [0.3, 0.4) is 0 Å². The van der Waals surface area contributed by atoms with E-state index < -0.39 is 4.92 Å². The second-order valence-electron chi connectivity index (χ2n) is 6.06. The van der Waals surface area contributed by atoms with E-state index in [9.17, 15) is 14.9 Å². The van der Waals surface area contributed by atoms with Gasteiger partial charge < -0.3 is 10.6 Å². The van der Waals surface area contributed by atoms with Crippen LogP contribution in [0.25, 0.3) is 5.69 Å². The fraction of sp³-hybridized carbons (Fsp3) is 0.438. The van der Waals surface area contributed by atoms with Crippen LogP contribution in [0.2, 0.25) is 0 Å². The van der Waals surface area contributed by atoms with Crippen molar-refractivity contribution in [3.8, 4) is 5.69 Å². The summed E-state index contributed by atoms with van der Waals surface area (Å²) in [5.41, 5.74) is 0.347. The van der Waals surface area contributed by atoms with Crippen LogP contribution in [-0.4, -0.2) is 45.2 Å². The first-order valence-electron chi connectivity index (χ1n) is 8.27. The van der Waals surface area contributed by atoms with Crippen molar-refractivity contribution >= 4 is 11.6 Å². The fourth-order valence-corrected chi connectivity index (χ4v) is 3.00. The lowest BCUT2D eigenvalue weighted by molar-refractivity contribution is -0.384. The number of hydrogen-bond acceptors (Lipinski definition) is 6. The number of hydrogen-bond donors (Lipinski definition) is 2. The molecule has 9 nitrogen and oxygen atoms in total. The van der Waals surface area contributed by atoms with Crippen molar-refractivity contribution in [1.29, 1.82) is 0 Å². The van der Waals surface area contributed by atoms with Gasteiger partial charge in [-0.1, -0.05) is 0 Å². The normalized spacial score (nSPS) is 17.2. The number of piperidine rings is 1. The molecule has 2 heterocycles. The number of aromatic nitrogens is 3. The lowest BCUT2D eigenvalue weighted by Crippen LogP contribution is -2.33. The molecule has 1 saturated heterocycles. The largest absolute Gasteiger partial charge is 0.352 e. The lowest BCUT2D eigenvalue weighted by atomic mass is 9.96. The number of carbonyl (C=O) groups is 1. The maximum atomic E-state index is 12.3. The minimum Gasteiger partial charge on any atom is -0.352 e. The first-order chi connectivity index (χ1) is 12.1. The Morgan fingerprint density at radius 1 is 1.48 bits per heavy atom. The van der Waals surface area contributed by atoms with E-state index in [1.54, 1.807) is 6.07 Å². The monoisotopic (exact) mass is 344 g/mol. The molecule has 0 aliphatic carbocycles. The highest BCUT2D eigenvalue weighted by Gasteiger charge is 2.19. The third-order valence-electron chi connectivity index (χ3n) is 4.34. The maximum absolute atomic E-state index is 12.3. The van der Waals surface area contributed by atoms with Crippen molar-refractivity contribution in [2.75, 3.05) is 19.6 Å². The van der Waals surface area contributed by atoms with Gasteiger partial charge in [-0.15, -0.1) is 0 Å². The molecule has 2 aromatic rings. The second kappa shape index (κ2) is 7.84. The summed E-state index contributed by atoms with van der Waals surface area (Å²) in [6.45, 7) is 2.60. The van der Waals surface area contributed by atoms with Crippen molar-refractivity contribution in [3.63, 3.8) is 0 Å². The van der Waals surface area contributed by atoms with E-state index in [2.05, 4.69) is 20.7 Å². The average molecular weight is 344 g/mol. The molecule has 0 radical (unpaired) electrons. The molecular formula is C16H20N6O3. The van der Waals surface area contributed by atoms with E-state index in [1.165, 1.54) is 35.9 Å². The third-order valence-corrected chi connectivity index (χ3v) is 4.34. The van der Waals surface area contributed by atoms with Crippen LogP contribution in [0, 0.1) is 16.0 Å². The number of carbonyl (C=O) groups excluding carboxylic acids is 1. The Hall–Kier alpha value is -2.81. The van der Waals surface area contributed by atoms with Gasteiger partial charge in [0.1, 0.15) is 18.3 Å². The highest BCUT2D eigenvalue weighted by atomic mass is 16.6. The maximum Gasteiger partial charge on any atom is 0.295 e. The van der Waals surface area contributed by atoms with Crippen LogP contribution >= 0.6 is 0 Å². The van der Waals surface area contributed by atoms with E-state index in [0.717, 1.165) is 25.9 Å². The predicted octanol–water partition coefficient (Wildman–Crippen LogP) is 1.29. The molecule has 0 saturated carbocycles. The van der Waals surface area contributed by atoms with Crippen LogP contribution in [0.1, 0.15) is 29.6 Å². The van der Waals surface area contributed by atoms with Crippen molar-refractivity contribution in [2.45, 2.75) is 19.3 Å². The van der Waals surface area contributed by atoms with Gasteiger partial charge in [-0.05, 0) is 50.4 Å². The van der Waals surface area contributed by atoms with Crippen LogP contribution in [0.15, 0.2) is 30.9 Å². The molecule has 25 heavy (non-hydrogen) atoms. The number of amides is 1. The van der Waals surface area contributed by atoms with E-state index in [1.807, 2.05) is 0 Å². The summed E-state index contributed by atoms with van der Waals surface area (Å²) in [5.74, 6) is 0.259. The van der Waals surface area contributed by atoms with Crippen LogP contribution in [0.5, 0.6) is 0 Å². The SMILES string of the molecule is O=C(NCCC1CCCNC1)c1ccc(-n2cncn2)c([N+](=O)[O-])c1. The van der Waals surface area contributed by atoms with Gasteiger partial charge in [-0.25, -0.2) is 9.67 Å². The number of benzene rings is 1. The Morgan fingerprint density at radius 2 is 2.36 bits per heavy atom. The highest BCUT2D eigenvalue weighted by Crippen LogP contribution is 2.23. The van der Waals surface area contributed by atoms with Crippen molar-refractivity contribution < 1.29 is 9.72 Å². The molecule has 0 spiro atoms. The lowest BCUT2D eigenvalue weighted by Gasteiger charge is -2.22. The first kappa shape index (κ1) is 17.0. The van der Waals surface area contributed by atoms with E-state index in [-0.39, 0.29) is 22.8 Å². The zero-order valence-corrected chi connectivity index (χ0v) is 13.7. The van der Waals surface area contributed by atoms with Gasteiger partial charge in [0.2, 0.25) is 0 Å². The molecule has 1 fully saturated rings. The molecule has 1 aromatic carbocycles. The Bertz CT molecular complexity index is 740. The Kier molecular flexibility index (Phi) is 5.34. The Labute approximate surface area is 144 Å². The summed E-state index contributed by atoms with van der Waals surface area (Å²) in [7, 11) is 0. The second-order valence-corrected chi connectivity index (χ2v) is 6.06. The summed E-state index contributed by atoms with van der Waals surface area (Å²) in [6.07, 6.45) is 5.90. The fourth-order valence-electron chi connectivity index (χ4n) is 3.00. The Morgan fingerprint density at radius 3 is 3.04 bits per heavy atom. The molecule has 0 bridgehead atoms. The zero-order chi connectivity index (χ0) is 17.6. The highest BCUT2D eigenvalue weighted by molar-refractivity contribution is 5.95. The number of rotatable bonds is 6. The van der Waals surface area contributed by atoms with Gasteiger partial charge in [-0.2, -0.15) is 5.10 Å². The third kappa shape index (κ3) is 4.18. The number of nitrogens with one attached hydrogen (secondary N) is 2. The molecule has 2 N–H and O–H groups in total. The molecule has 1 aliphatic rings. The minimum atomic E-state index is -0.526. The molecule has 3 rings (SSSR count). The van der Waals surface area contributed by atoms with E-state index in [4.69, 9.17) is 0 Å². The molecule has 132 valence electrons. The number of nitro groups is 1.